The number of ether oxygens (including phenoxy) is 2. The molecule has 1 aromatic heterocycles. The number of aromatic nitrogens is 1. The number of rotatable bonds is 5. The minimum atomic E-state index is -0.891. The summed E-state index contributed by atoms with van der Waals surface area (Å²) in [7, 11) is 1.94. The lowest BCUT2D eigenvalue weighted by atomic mass is 10.0. The molecule has 3 N–H and O–H groups in total. The number of benzene rings is 2. The summed E-state index contributed by atoms with van der Waals surface area (Å²) in [5, 5.41) is 9.27. The van der Waals surface area contributed by atoms with Gasteiger partial charge in [-0.15, -0.1) is 0 Å². The van der Waals surface area contributed by atoms with Crippen LogP contribution in [0.1, 0.15) is 26.3 Å². The monoisotopic (exact) mass is 464 g/mol. The van der Waals surface area contributed by atoms with Crippen molar-refractivity contribution < 1.29 is 23.9 Å². The first-order valence-corrected chi connectivity index (χ1v) is 11.0. The number of carbonyl (C=O) groups excluding carboxylic acids is 3. The molecule has 178 valence electrons. The van der Waals surface area contributed by atoms with Gasteiger partial charge in [0, 0.05) is 42.3 Å². The third kappa shape index (κ3) is 5.31. The number of fused-ring (bicyclic) bond motifs is 2. The van der Waals surface area contributed by atoms with E-state index in [0.29, 0.717) is 17.1 Å². The molecule has 0 spiro atoms. The lowest BCUT2D eigenvalue weighted by Crippen LogP contribution is -2.47. The third-order valence-corrected chi connectivity index (χ3v) is 5.29. The van der Waals surface area contributed by atoms with Crippen LogP contribution >= 0.6 is 0 Å². The van der Waals surface area contributed by atoms with Gasteiger partial charge in [-0.2, -0.15) is 0 Å². The molecule has 0 fully saturated rings. The van der Waals surface area contributed by atoms with E-state index < -0.39 is 23.6 Å². The Labute approximate surface area is 197 Å². The largest absolute Gasteiger partial charge is 0.482 e. The van der Waals surface area contributed by atoms with E-state index in [0.717, 1.165) is 16.5 Å². The van der Waals surface area contributed by atoms with Gasteiger partial charge in [-0.05, 0) is 44.5 Å². The van der Waals surface area contributed by atoms with Crippen molar-refractivity contribution in [3.05, 3.63) is 54.2 Å². The molecule has 9 nitrogen and oxygen atoms in total. The average molecular weight is 465 g/mol. The zero-order valence-corrected chi connectivity index (χ0v) is 19.6. The lowest BCUT2D eigenvalue weighted by Gasteiger charge is -2.24. The van der Waals surface area contributed by atoms with Crippen molar-refractivity contribution in [1.82, 2.24) is 9.88 Å². The Morgan fingerprint density at radius 2 is 1.97 bits per heavy atom. The van der Waals surface area contributed by atoms with E-state index in [9.17, 15) is 14.4 Å². The van der Waals surface area contributed by atoms with Gasteiger partial charge in [-0.3, -0.25) is 9.59 Å². The summed E-state index contributed by atoms with van der Waals surface area (Å²) in [6.45, 7) is 5.20. The topological polar surface area (TPSA) is 111 Å². The van der Waals surface area contributed by atoms with E-state index in [2.05, 4.69) is 16.0 Å². The number of para-hydroxylation sites is 1. The van der Waals surface area contributed by atoms with Crippen molar-refractivity contribution in [2.75, 3.05) is 17.2 Å². The van der Waals surface area contributed by atoms with Gasteiger partial charge in [-0.25, -0.2) is 4.79 Å². The Morgan fingerprint density at radius 1 is 1.21 bits per heavy atom. The Hall–Kier alpha value is -4.01. The summed E-state index contributed by atoms with van der Waals surface area (Å²) in [5.41, 5.74) is 2.26. The molecule has 4 rings (SSSR count). The van der Waals surface area contributed by atoms with Gasteiger partial charge in [0.25, 0.3) is 5.91 Å². The van der Waals surface area contributed by atoms with E-state index in [1.807, 2.05) is 42.1 Å². The number of alkyl carbamates (subject to hydrolysis) is 1. The highest BCUT2D eigenvalue weighted by molar-refractivity contribution is 5.99. The highest BCUT2D eigenvalue weighted by Crippen LogP contribution is 2.30. The summed E-state index contributed by atoms with van der Waals surface area (Å²) >= 11 is 0. The van der Waals surface area contributed by atoms with Gasteiger partial charge in [0.2, 0.25) is 5.91 Å². The number of nitrogens with one attached hydrogen (secondary N) is 3. The molecule has 0 saturated heterocycles. The second-order valence-electron chi connectivity index (χ2n) is 9.22. The number of anilines is 2. The summed E-state index contributed by atoms with van der Waals surface area (Å²) in [4.78, 5) is 37.3. The van der Waals surface area contributed by atoms with Crippen molar-refractivity contribution in [1.29, 1.82) is 0 Å². The number of carbonyl (C=O) groups is 3. The zero-order chi connectivity index (χ0) is 24.5. The maximum atomic E-state index is 13.3. The fraction of sp³-hybridized carbons (Fsp3) is 0.320. The second kappa shape index (κ2) is 9.09. The van der Waals surface area contributed by atoms with Crippen LogP contribution in [0.25, 0.3) is 10.9 Å². The molecule has 1 aliphatic rings. The molecule has 1 unspecified atom stereocenters. The van der Waals surface area contributed by atoms with Gasteiger partial charge in [0.15, 0.2) is 6.61 Å². The first kappa shape index (κ1) is 23.2. The van der Waals surface area contributed by atoms with Crippen molar-refractivity contribution in [2.24, 2.45) is 7.05 Å². The molecule has 0 saturated carbocycles. The number of hydrogen-bond donors (Lipinski definition) is 3. The van der Waals surface area contributed by atoms with E-state index in [1.165, 1.54) is 0 Å². The maximum absolute atomic E-state index is 13.3. The highest BCUT2D eigenvalue weighted by atomic mass is 16.6. The molecule has 1 atom stereocenters. The summed E-state index contributed by atoms with van der Waals surface area (Å²) < 4.78 is 12.8. The Kier molecular flexibility index (Phi) is 6.19. The normalized spacial score (nSPS) is 13.9. The van der Waals surface area contributed by atoms with Gasteiger partial charge < -0.3 is 30.0 Å². The standard InChI is InChI=1S/C25H28N4O5/c1-25(2,3)34-24(32)28-19(11-15-13-29(4)20-8-6-5-7-17(15)20)23(31)26-16-9-10-18-21(12-16)33-14-22(30)27-18/h5-10,12-13,19H,11,14H2,1-4H3,(H,26,31)(H,27,30)(H,28,32). The Morgan fingerprint density at radius 3 is 2.74 bits per heavy atom. The molecule has 2 heterocycles. The minimum Gasteiger partial charge on any atom is -0.482 e. The van der Waals surface area contributed by atoms with Crippen LogP contribution in [-0.4, -0.2) is 40.7 Å². The molecular formula is C25H28N4O5. The first-order valence-electron chi connectivity index (χ1n) is 11.0. The molecule has 0 radical (unpaired) electrons. The van der Waals surface area contributed by atoms with Crippen molar-refractivity contribution in [3.63, 3.8) is 0 Å². The SMILES string of the molecule is Cn1cc(CC(NC(=O)OC(C)(C)C)C(=O)Nc2ccc3c(c2)OCC(=O)N3)c2ccccc21. The number of aryl methyl sites for hydroxylation is 1. The van der Waals surface area contributed by atoms with Crippen LogP contribution < -0.4 is 20.7 Å². The van der Waals surface area contributed by atoms with Crippen LogP contribution in [0.4, 0.5) is 16.2 Å². The average Bonchev–Trinajstić information content (AvgIpc) is 3.07. The van der Waals surface area contributed by atoms with Crippen LogP contribution in [0.15, 0.2) is 48.7 Å². The summed E-state index contributed by atoms with van der Waals surface area (Å²) in [6.07, 6.45) is 1.55. The van der Waals surface area contributed by atoms with Gasteiger partial charge >= 0.3 is 6.09 Å². The smallest absolute Gasteiger partial charge is 0.408 e. The van der Waals surface area contributed by atoms with Crippen LogP contribution in [-0.2, 0) is 27.8 Å². The number of nitrogens with zero attached hydrogens (tertiary/aromatic N) is 1. The molecule has 0 aliphatic carbocycles. The fourth-order valence-corrected chi connectivity index (χ4v) is 3.85. The Balaban J connectivity index is 1.57. The van der Waals surface area contributed by atoms with Crippen molar-refractivity contribution in [2.45, 2.75) is 38.8 Å². The van der Waals surface area contributed by atoms with E-state index in [-0.39, 0.29) is 18.9 Å². The molecule has 3 amide bonds. The van der Waals surface area contributed by atoms with Gasteiger partial charge in [0.05, 0.1) is 5.69 Å². The Bertz CT molecular complexity index is 1260. The van der Waals surface area contributed by atoms with E-state index in [4.69, 9.17) is 9.47 Å². The molecule has 34 heavy (non-hydrogen) atoms. The van der Waals surface area contributed by atoms with Crippen LogP contribution in [0, 0.1) is 0 Å². The van der Waals surface area contributed by atoms with Crippen molar-refractivity contribution in [3.8, 4) is 5.75 Å². The number of hydrogen-bond acceptors (Lipinski definition) is 5. The van der Waals surface area contributed by atoms with Crippen LogP contribution in [0.3, 0.4) is 0 Å². The van der Waals surface area contributed by atoms with E-state index >= 15 is 0 Å². The van der Waals surface area contributed by atoms with Crippen molar-refractivity contribution >= 4 is 40.2 Å². The van der Waals surface area contributed by atoms with E-state index in [1.54, 1.807) is 39.0 Å². The molecular weight excluding hydrogens is 436 g/mol. The molecule has 3 aromatic rings. The summed E-state index contributed by atoms with van der Waals surface area (Å²) in [5.74, 6) is -0.178. The highest BCUT2D eigenvalue weighted by Gasteiger charge is 2.26. The minimum absolute atomic E-state index is 0.0890. The summed E-state index contributed by atoms with van der Waals surface area (Å²) in [6, 6.07) is 11.9. The third-order valence-electron chi connectivity index (χ3n) is 5.29. The molecule has 2 aromatic carbocycles. The molecule has 0 bridgehead atoms. The predicted octanol–water partition coefficient (Wildman–Crippen LogP) is 3.58. The predicted molar refractivity (Wildman–Crippen MR) is 129 cm³/mol. The van der Waals surface area contributed by atoms with Gasteiger partial charge in [-0.1, -0.05) is 18.2 Å². The van der Waals surface area contributed by atoms with Crippen LogP contribution in [0.2, 0.25) is 0 Å². The molecule has 1 aliphatic heterocycles. The lowest BCUT2D eigenvalue weighted by molar-refractivity contribution is -0.119. The van der Waals surface area contributed by atoms with Gasteiger partial charge in [0.1, 0.15) is 17.4 Å². The first-order chi connectivity index (χ1) is 16.1. The number of amides is 3. The second-order valence-corrected chi connectivity index (χ2v) is 9.22. The fourth-order valence-electron chi connectivity index (χ4n) is 3.85. The quantitative estimate of drug-likeness (QED) is 0.535. The zero-order valence-electron chi connectivity index (χ0n) is 19.6. The maximum Gasteiger partial charge on any atom is 0.408 e. The molecule has 9 heteroatoms. The van der Waals surface area contributed by atoms with Crippen LogP contribution in [0.5, 0.6) is 5.75 Å².